The topological polar surface area (TPSA) is 97.6 Å². The van der Waals surface area contributed by atoms with E-state index in [0.29, 0.717) is 22.9 Å². The van der Waals surface area contributed by atoms with Crippen LogP contribution in [0.2, 0.25) is 0 Å². The molecule has 4 aromatic carbocycles. The lowest BCUT2D eigenvalue weighted by Crippen LogP contribution is -2.14. The fraction of sp³-hybridized carbons (Fsp3) is 0.310. The molecule has 0 fully saturated rings. The average molecular weight is 674 g/mol. The molecule has 0 aliphatic rings. The van der Waals surface area contributed by atoms with Crippen molar-refractivity contribution in [1.29, 1.82) is 0 Å². The predicted molar refractivity (Wildman–Crippen MR) is 201 cm³/mol. The van der Waals surface area contributed by atoms with Crippen LogP contribution in [0.15, 0.2) is 95.2 Å². The lowest BCUT2D eigenvalue weighted by atomic mass is 9.81. The van der Waals surface area contributed by atoms with Crippen LogP contribution in [0.4, 0.5) is 17.1 Å². The van der Waals surface area contributed by atoms with Gasteiger partial charge in [-0.3, -0.25) is 4.79 Å². The number of rotatable bonds is 12. The Labute approximate surface area is 295 Å². The summed E-state index contributed by atoms with van der Waals surface area (Å²) in [6.07, 6.45) is 0. The van der Waals surface area contributed by atoms with Crippen molar-refractivity contribution in [1.82, 2.24) is 0 Å². The highest BCUT2D eigenvalue weighted by Gasteiger charge is 2.24. The van der Waals surface area contributed by atoms with Gasteiger partial charge in [-0.05, 0) is 108 Å². The third-order valence-corrected chi connectivity index (χ3v) is 8.46. The van der Waals surface area contributed by atoms with Gasteiger partial charge in [-0.25, -0.2) is 9.59 Å². The van der Waals surface area contributed by atoms with Gasteiger partial charge in [0.05, 0.1) is 11.4 Å². The molecule has 0 aromatic heterocycles. The van der Waals surface area contributed by atoms with E-state index >= 15 is 0 Å². The van der Waals surface area contributed by atoms with E-state index in [4.69, 9.17) is 9.68 Å². The molecule has 0 aliphatic carbocycles. The number of hydrogen-bond acceptors (Lipinski definition) is 8. The maximum Gasteiger partial charge on any atom is 0.331 e. The molecule has 0 aliphatic heterocycles. The van der Waals surface area contributed by atoms with E-state index in [-0.39, 0.29) is 17.6 Å². The first-order chi connectivity index (χ1) is 23.7. The second-order valence-corrected chi connectivity index (χ2v) is 13.4. The van der Waals surface area contributed by atoms with E-state index < -0.39 is 11.9 Å². The second-order valence-electron chi connectivity index (χ2n) is 13.4. The van der Waals surface area contributed by atoms with Gasteiger partial charge in [-0.2, -0.15) is 0 Å². The lowest BCUT2D eigenvalue weighted by molar-refractivity contribution is -0.141. The molecule has 0 unspecified atom stereocenters. The first-order valence-electron chi connectivity index (χ1n) is 17.0. The Bertz CT molecular complexity index is 1800. The standard InChI is InChI=1S/C42H47N3O5/c1-25(2)35-23-39(26(3)4)41(40(24-35)27(5)6)42(48)34-15-21-38(22-16-34)45(36-17-11-32(12-18-36)28(7)43-49-30(9)46)37-19-13-33(14-20-37)29(8)44-50-31(10)47/h11-27H,1-10H3/b43-28+,44-29?. The van der Waals surface area contributed by atoms with Crippen LogP contribution < -0.4 is 4.90 Å². The molecule has 0 atom stereocenters. The molecular formula is C42H47N3O5. The Balaban J connectivity index is 1.78. The number of oxime groups is 2. The highest BCUT2D eigenvalue weighted by Crippen LogP contribution is 2.37. The summed E-state index contributed by atoms with van der Waals surface area (Å²) in [5.74, 6) is -0.215. The number of benzene rings is 4. The first kappa shape index (κ1) is 37.4. The highest BCUT2D eigenvalue weighted by molar-refractivity contribution is 6.11. The van der Waals surface area contributed by atoms with E-state index in [2.05, 4.69) is 68.9 Å². The molecule has 8 nitrogen and oxygen atoms in total. The van der Waals surface area contributed by atoms with Crippen molar-refractivity contribution >= 4 is 46.2 Å². The minimum atomic E-state index is -0.487. The van der Waals surface area contributed by atoms with Crippen molar-refractivity contribution in [2.75, 3.05) is 4.90 Å². The average Bonchev–Trinajstić information content (AvgIpc) is 3.09. The van der Waals surface area contributed by atoms with Crippen LogP contribution in [0.3, 0.4) is 0 Å². The second kappa shape index (κ2) is 16.4. The number of ketones is 1. The Hall–Kier alpha value is -5.37. The van der Waals surface area contributed by atoms with Crippen LogP contribution in [0.25, 0.3) is 0 Å². The summed E-state index contributed by atoms with van der Waals surface area (Å²) in [6.45, 7) is 19.1. The van der Waals surface area contributed by atoms with Gasteiger partial charge in [0.2, 0.25) is 0 Å². The molecule has 0 saturated heterocycles. The van der Waals surface area contributed by atoms with Crippen LogP contribution in [0.5, 0.6) is 0 Å². The van der Waals surface area contributed by atoms with Gasteiger partial charge in [0, 0.05) is 42.0 Å². The van der Waals surface area contributed by atoms with Gasteiger partial charge >= 0.3 is 11.9 Å². The van der Waals surface area contributed by atoms with Crippen molar-refractivity contribution < 1.29 is 24.1 Å². The van der Waals surface area contributed by atoms with Crippen molar-refractivity contribution in [3.63, 3.8) is 0 Å². The summed E-state index contributed by atoms with van der Waals surface area (Å²) in [5, 5.41) is 7.83. The van der Waals surface area contributed by atoms with Gasteiger partial charge in [0.25, 0.3) is 0 Å². The third-order valence-electron chi connectivity index (χ3n) is 8.46. The summed E-state index contributed by atoms with van der Waals surface area (Å²) in [7, 11) is 0. The Morgan fingerprint density at radius 3 is 1.16 bits per heavy atom. The lowest BCUT2D eigenvalue weighted by Gasteiger charge is -2.26. The molecule has 8 heteroatoms. The molecule has 0 bridgehead atoms. The SMILES string of the molecule is CC(=O)ON=C(C)c1ccc(N(c2ccc(C(=O)c3c(C(C)C)cc(C(C)C)cc3C(C)C)cc2)c2ccc(/C(C)=N/OC(C)=O)cc2)cc1. The summed E-state index contributed by atoms with van der Waals surface area (Å²) in [6, 6.07) is 27.6. The number of carbonyl (C=O) groups is 3. The first-order valence-corrected chi connectivity index (χ1v) is 17.0. The minimum Gasteiger partial charge on any atom is -0.318 e. The van der Waals surface area contributed by atoms with Gasteiger partial charge in [-0.1, -0.05) is 88.3 Å². The predicted octanol–water partition coefficient (Wildman–Crippen LogP) is 10.3. The molecule has 0 amide bonds. The summed E-state index contributed by atoms with van der Waals surface area (Å²) in [5.41, 5.74) is 10.1. The molecule has 0 radical (unpaired) electrons. The molecule has 260 valence electrons. The monoisotopic (exact) mass is 673 g/mol. The van der Waals surface area contributed by atoms with Crippen molar-refractivity contribution in [2.45, 2.75) is 87.0 Å². The third kappa shape index (κ3) is 8.99. The molecule has 50 heavy (non-hydrogen) atoms. The number of hydrogen-bond donors (Lipinski definition) is 0. The number of nitrogens with zero attached hydrogens (tertiary/aromatic N) is 3. The summed E-state index contributed by atoms with van der Waals surface area (Å²) < 4.78 is 0. The maximum atomic E-state index is 14.3. The van der Waals surface area contributed by atoms with Crippen LogP contribution in [0, 0.1) is 0 Å². The van der Waals surface area contributed by atoms with E-state index in [1.165, 1.54) is 19.4 Å². The Morgan fingerprint density at radius 1 is 0.520 bits per heavy atom. The van der Waals surface area contributed by atoms with Crippen LogP contribution >= 0.6 is 0 Å². The largest absolute Gasteiger partial charge is 0.331 e. The molecular weight excluding hydrogens is 626 g/mol. The van der Waals surface area contributed by atoms with Crippen molar-refractivity contribution in [2.24, 2.45) is 10.3 Å². The van der Waals surface area contributed by atoms with Crippen molar-refractivity contribution in [3.8, 4) is 0 Å². The molecule has 0 spiro atoms. The van der Waals surface area contributed by atoms with Crippen LogP contribution in [-0.4, -0.2) is 29.1 Å². The minimum absolute atomic E-state index is 0.0181. The van der Waals surface area contributed by atoms with E-state index in [1.54, 1.807) is 13.8 Å². The zero-order valence-electron chi connectivity index (χ0n) is 30.7. The quantitative estimate of drug-likeness (QED) is 0.0642. The molecule has 0 saturated carbocycles. The number of carbonyl (C=O) groups excluding carboxylic acids is 3. The molecule has 4 aromatic rings. The maximum absolute atomic E-state index is 14.3. The number of anilines is 3. The van der Waals surface area contributed by atoms with Gasteiger partial charge in [0.15, 0.2) is 5.78 Å². The Morgan fingerprint density at radius 2 is 0.860 bits per heavy atom. The smallest absolute Gasteiger partial charge is 0.318 e. The normalized spacial score (nSPS) is 12.0. The van der Waals surface area contributed by atoms with E-state index in [1.807, 2.05) is 72.8 Å². The zero-order valence-corrected chi connectivity index (χ0v) is 30.7. The van der Waals surface area contributed by atoms with E-state index in [9.17, 15) is 14.4 Å². The fourth-order valence-electron chi connectivity index (χ4n) is 5.65. The van der Waals surface area contributed by atoms with Crippen molar-refractivity contribution in [3.05, 3.63) is 124 Å². The van der Waals surface area contributed by atoms with Crippen LogP contribution in [0.1, 0.15) is 131 Å². The molecule has 0 heterocycles. The van der Waals surface area contributed by atoms with Gasteiger partial charge in [-0.15, -0.1) is 0 Å². The van der Waals surface area contributed by atoms with E-state index in [0.717, 1.165) is 44.9 Å². The van der Waals surface area contributed by atoms with Gasteiger partial charge < -0.3 is 14.6 Å². The van der Waals surface area contributed by atoms with Crippen LogP contribution in [-0.2, 0) is 19.3 Å². The summed E-state index contributed by atoms with van der Waals surface area (Å²) >= 11 is 0. The molecule has 0 N–H and O–H groups in total. The Kier molecular flexibility index (Phi) is 12.2. The summed E-state index contributed by atoms with van der Waals surface area (Å²) in [4.78, 5) is 48.5. The zero-order chi connectivity index (χ0) is 36.7. The molecule has 4 rings (SSSR count). The fourth-order valence-corrected chi connectivity index (χ4v) is 5.65. The van der Waals surface area contributed by atoms with Gasteiger partial charge in [0.1, 0.15) is 0 Å². The highest BCUT2D eigenvalue weighted by atomic mass is 16.7.